The normalized spacial score (nSPS) is 32.7. The van der Waals surface area contributed by atoms with Gasteiger partial charge in [0.15, 0.2) is 0 Å². The molecule has 25 heavy (non-hydrogen) atoms. The van der Waals surface area contributed by atoms with Crippen molar-refractivity contribution in [3.8, 4) is 5.75 Å². The second-order valence-corrected chi connectivity index (χ2v) is 8.92. The molecule has 4 aliphatic rings. The zero-order valence-corrected chi connectivity index (χ0v) is 15.7. The van der Waals surface area contributed by atoms with Gasteiger partial charge in [-0.25, -0.2) is 0 Å². The van der Waals surface area contributed by atoms with E-state index in [4.69, 9.17) is 4.74 Å². The molecular formula is C21H30N2O2. The van der Waals surface area contributed by atoms with Crippen LogP contribution in [0.2, 0.25) is 0 Å². The van der Waals surface area contributed by atoms with Crippen LogP contribution in [0.4, 0.5) is 0 Å². The molecule has 0 atom stereocenters. The van der Waals surface area contributed by atoms with Crippen LogP contribution in [0, 0.1) is 37.0 Å². The van der Waals surface area contributed by atoms with Crippen molar-refractivity contribution in [1.29, 1.82) is 0 Å². The van der Waals surface area contributed by atoms with E-state index in [2.05, 4.69) is 10.3 Å². The van der Waals surface area contributed by atoms with Crippen molar-refractivity contribution in [2.45, 2.75) is 65.3 Å². The minimum absolute atomic E-state index is 0.197. The average Bonchev–Trinajstić information content (AvgIpc) is 2.52. The van der Waals surface area contributed by atoms with Gasteiger partial charge in [-0.05, 0) is 75.5 Å². The molecule has 0 aliphatic heterocycles. The Balaban J connectivity index is 1.39. The second kappa shape index (κ2) is 6.30. The third-order valence-corrected chi connectivity index (χ3v) is 6.90. The van der Waals surface area contributed by atoms with Gasteiger partial charge in [-0.3, -0.25) is 9.78 Å². The monoisotopic (exact) mass is 342 g/mol. The van der Waals surface area contributed by atoms with Crippen LogP contribution in [0.3, 0.4) is 0 Å². The Morgan fingerprint density at radius 2 is 1.80 bits per heavy atom. The number of amides is 1. The molecule has 4 saturated carbocycles. The molecule has 1 N–H and O–H groups in total. The van der Waals surface area contributed by atoms with Gasteiger partial charge in [0, 0.05) is 23.7 Å². The zero-order valence-electron chi connectivity index (χ0n) is 15.7. The summed E-state index contributed by atoms with van der Waals surface area (Å²) < 4.78 is 5.46. The van der Waals surface area contributed by atoms with Crippen molar-refractivity contribution in [2.24, 2.45) is 23.2 Å². The van der Waals surface area contributed by atoms with Crippen LogP contribution < -0.4 is 10.1 Å². The highest BCUT2D eigenvalue weighted by Gasteiger charge is 2.51. The Morgan fingerprint density at radius 1 is 1.20 bits per heavy atom. The molecule has 4 nitrogen and oxygen atoms in total. The van der Waals surface area contributed by atoms with Crippen molar-refractivity contribution >= 4 is 5.91 Å². The van der Waals surface area contributed by atoms with Crippen molar-refractivity contribution in [3.05, 3.63) is 23.0 Å². The summed E-state index contributed by atoms with van der Waals surface area (Å²) in [5, 5.41) is 3.13. The van der Waals surface area contributed by atoms with E-state index in [-0.39, 0.29) is 5.91 Å². The number of rotatable bonds is 5. The van der Waals surface area contributed by atoms with E-state index >= 15 is 0 Å². The summed E-state index contributed by atoms with van der Waals surface area (Å²) in [5.41, 5.74) is 3.26. The Kier molecular flexibility index (Phi) is 4.25. The molecule has 0 spiro atoms. The van der Waals surface area contributed by atoms with Gasteiger partial charge >= 0.3 is 0 Å². The van der Waals surface area contributed by atoms with Crippen molar-refractivity contribution in [2.75, 3.05) is 7.11 Å². The number of aryl methyl sites for hydroxylation is 1. The molecule has 0 radical (unpaired) electrons. The number of pyridine rings is 1. The molecule has 1 aromatic rings. The number of nitrogens with zero attached hydrogens (tertiary/aromatic N) is 1. The number of methoxy groups -OCH3 is 1. The number of hydrogen-bond acceptors (Lipinski definition) is 3. The van der Waals surface area contributed by atoms with Gasteiger partial charge in [-0.1, -0.05) is 0 Å². The number of nitrogens with one attached hydrogen (secondary N) is 1. The Labute approximate surface area is 150 Å². The van der Waals surface area contributed by atoms with Crippen LogP contribution in [0.1, 0.15) is 61.8 Å². The summed E-state index contributed by atoms with van der Waals surface area (Å²) in [6.07, 6.45) is 10.6. The minimum Gasteiger partial charge on any atom is -0.496 e. The quantitative estimate of drug-likeness (QED) is 0.882. The lowest BCUT2D eigenvalue weighted by molar-refractivity contribution is -0.129. The van der Waals surface area contributed by atoms with E-state index in [1.165, 1.54) is 38.5 Å². The van der Waals surface area contributed by atoms with E-state index in [9.17, 15) is 4.79 Å². The molecule has 4 fully saturated rings. The summed E-state index contributed by atoms with van der Waals surface area (Å²) in [6, 6.07) is 0. The molecule has 0 saturated heterocycles. The lowest BCUT2D eigenvalue weighted by Crippen LogP contribution is -2.48. The Morgan fingerprint density at radius 3 is 2.36 bits per heavy atom. The summed E-state index contributed by atoms with van der Waals surface area (Å²) >= 11 is 0. The fraction of sp³-hybridized carbons (Fsp3) is 0.714. The minimum atomic E-state index is 0.197. The summed E-state index contributed by atoms with van der Waals surface area (Å²) in [6.45, 7) is 4.50. The molecular weight excluding hydrogens is 312 g/mol. The lowest BCUT2D eigenvalue weighted by atomic mass is 9.49. The largest absolute Gasteiger partial charge is 0.496 e. The predicted octanol–water partition coefficient (Wildman–Crippen LogP) is 3.93. The fourth-order valence-corrected chi connectivity index (χ4v) is 6.34. The molecule has 0 unspecified atom stereocenters. The van der Waals surface area contributed by atoms with Crippen LogP contribution in [-0.4, -0.2) is 18.0 Å². The maximum absolute atomic E-state index is 12.7. The van der Waals surface area contributed by atoms with Crippen molar-refractivity contribution < 1.29 is 9.53 Å². The van der Waals surface area contributed by atoms with Gasteiger partial charge in [-0.2, -0.15) is 0 Å². The summed E-state index contributed by atoms with van der Waals surface area (Å²) in [7, 11) is 1.69. The second-order valence-electron chi connectivity index (χ2n) is 8.92. The molecule has 136 valence electrons. The highest BCUT2D eigenvalue weighted by molar-refractivity contribution is 5.76. The van der Waals surface area contributed by atoms with Crippen LogP contribution in [-0.2, 0) is 11.3 Å². The van der Waals surface area contributed by atoms with Gasteiger partial charge in [0.2, 0.25) is 5.91 Å². The van der Waals surface area contributed by atoms with Crippen LogP contribution >= 0.6 is 0 Å². The van der Waals surface area contributed by atoms with Gasteiger partial charge in [0.05, 0.1) is 19.3 Å². The molecule has 1 heterocycles. The first-order chi connectivity index (χ1) is 12.0. The zero-order chi connectivity index (χ0) is 17.6. The van der Waals surface area contributed by atoms with Gasteiger partial charge < -0.3 is 10.1 Å². The van der Waals surface area contributed by atoms with E-state index in [1.807, 2.05) is 20.0 Å². The number of carbonyl (C=O) groups excluding carboxylic acids is 1. The molecule has 1 aromatic heterocycles. The molecule has 1 amide bonds. The SMILES string of the molecule is COc1c(C)cnc(CNC(=O)CC23CC4CC(CC(C4)C2)C3)c1C. The van der Waals surface area contributed by atoms with Gasteiger partial charge in [0.1, 0.15) is 5.75 Å². The van der Waals surface area contributed by atoms with E-state index in [1.54, 1.807) is 7.11 Å². The first-order valence-electron chi connectivity index (χ1n) is 9.74. The first kappa shape index (κ1) is 16.9. The smallest absolute Gasteiger partial charge is 0.220 e. The number of ether oxygens (including phenoxy) is 1. The Hall–Kier alpha value is -1.58. The van der Waals surface area contributed by atoms with Crippen molar-refractivity contribution in [1.82, 2.24) is 10.3 Å². The standard InChI is InChI=1S/C21H30N2O2/c1-13-11-22-18(14(2)20(13)25-3)12-23-19(24)10-21-7-15-4-16(8-21)6-17(5-15)9-21/h11,15-17H,4-10,12H2,1-3H3,(H,23,24). The number of aromatic nitrogens is 1. The number of carbonyl (C=O) groups is 1. The average molecular weight is 342 g/mol. The Bertz CT molecular complexity index is 647. The fourth-order valence-electron chi connectivity index (χ4n) is 6.34. The molecule has 4 heteroatoms. The first-order valence-corrected chi connectivity index (χ1v) is 9.74. The van der Waals surface area contributed by atoms with Crippen LogP contribution in [0.5, 0.6) is 5.75 Å². The lowest BCUT2D eigenvalue weighted by Gasteiger charge is -2.56. The van der Waals surface area contributed by atoms with Gasteiger partial charge in [-0.15, -0.1) is 0 Å². The molecule has 5 rings (SSSR count). The van der Waals surface area contributed by atoms with E-state index in [0.717, 1.165) is 40.3 Å². The highest BCUT2D eigenvalue weighted by atomic mass is 16.5. The maximum atomic E-state index is 12.7. The predicted molar refractivity (Wildman–Crippen MR) is 97.3 cm³/mol. The van der Waals surface area contributed by atoms with Crippen LogP contribution in [0.25, 0.3) is 0 Å². The van der Waals surface area contributed by atoms with Gasteiger partial charge in [0.25, 0.3) is 0 Å². The summed E-state index contributed by atoms with van der Waals surface area (Å²) in [4.78, 5) is 17.2. The third-order valence-electron chi connectivity index (χ3n) is 6.90. The molecule has 4 aliphatic carbocycles. The van der Waals surface area contributed by atoms with Crippen molar-refractivity contribution in [3.63, 3.8) is 0 Å². The summed E-state index contributed by atoms with van der Waals surface area (Å²) in [5.74, 6) is 3.75. The molecule has 4 bridgehead atoms. The van der Waals surface area contributed by atoms with Crippen LogP contribution in [0.15, 0.2) is 6.20 Å². The third kappa shape index (κ3) is 3.16. The van der Waals surface area contributed by atoms with E-state index < -0.39 is 0 Å². The maximum Gasteiger partial charge on any atom is 0.220 e. The topological polar surface area (TPSA) is 51.2 Å². The molecule has 0 aromatic carbocycles. The highest BCUT2D eigenvalue weighted by Crippen LogP contribution is 2.61. The number of hydrogen-bond donors (Lipinski definition) is 1. The van der Waals surface area contributed by atoms with E-state index in [0.29, 0.717) is 18.4 Å².